The third kappa shape index (κ3) is 3.70. The van der Waals surface area contributed by atoms with E-state index in [1.807, 2.05) is 11.0 Å². The van der Waals surface area contributed by atoms with Crippen molar-refractivity contribution in [3.05, 3.63) is 63.0 Å². The molecule has 3 aromatic rings. The van der Waals surface area contributed by atoms with Gasteiger partial charge in [-0.25, -0.2) is 4.39 Å². The quantitative estimate of drug-likeness (QED) is 0.486. The molecule has 2 aromatic carbocycles. The van der Waals surface area contributed by atoms with Crippen LogP contribution in [0, 0.1) is 27.3 Å². The largest absolute Gasteiger partial charge is 0.378 e. The van der Waals surface area contributed by atoms with Crippen molar-refractivity contribution in [1.82, 2.24) is 4.98 Å². The first-order valence-corrected chi connectivity index (χ1v) is 9.41. The van der Waals surface area contributed by atoms with E-state index in [1.165, 1.54) is 30.5 Å². The minimum Gasteiger partial charge on any atom is -0.378 e. The molecule has 4 rings (SSSR count). The number of nitro benzene ring substituents is 1. The number of nitro groups is 1. The van der Waals surface area contributed by atoms with Crippen LogP contribution in [0.2, 0.25) is 5.02 Å². The second-order valence-corrected chi connectivity index (χ2v) is 7.03. The number of nitrogens with one attached hydrogen (secondary N) is 1. The van der Waals surface area contributed by atoms with E-state index in [9.17, 15) is 19.8 Å². The van der Waals surface area contributed by atoms with Gasteiger partial charge in [0.25, 0.3) is 5.69 Å². The van der Waals surface area contributed by atoms with Crippen molar-refractivity contribution in [3.63, 3.8) is 0 Å². The number of nitrogens with zero attached hydrogens (tertiary/aromatic N) is 4. The molecule has 1 aromatic heterocycles. The molecule has 8 nitrogen and oxygen atoms in total. The predicted octanol–water partition coefficient (Wildman–Crippen LogP) is 4.39. The molecule has 0 saturated carbocycles. The number of hydrogen-bond acceptors (Lipinski definition) is 7. The molecule has 1 aliphatic heterocycles. The maximum Gasteiger partial charge on any atom is 0.293 e. The van der Waals surface area contributed by atoms with Crippen molar-refractivity contribution < 1.29 is 14.1 Å². The Kier molecular flexibility index (Phi) is 5.35. The maximum absolute atomic E-state index is 13.5. The second kappa shape index (κ2) is 8.10. The van der Waals surface area contributed by atoms with Gasteiger partial charge in [-0.3, -0.25) is 15.1 Å². The van der Waals surface area contributed by atoms with Crippen molar-refractivity contribution in [2.24, 2.45) is 0 Å². The Morgan fingerprint density at radius 1 is 1.30 bits per heavy atom. The minimum absolute atomic E-state index is 0.0857. The fraction of sp³-hybridized carbons (Fsp3) is 0.200. The van der Waals surface area contributed by atoms with Gasteiger partial charge in [-0.1, -0.05) is 11.6 Å². The Hall–Kier alpha value is -3.48. The highest BCUT2D eigenvalue weighted by Crippen LogP contribution is 2.38. The van der Waals surface area contributed by atoms with Crippen LogP contribution < -0.4 is 10.2 Å². The third-order valence-electron chi connectivity index (χ3n) is 4.82. The number of rotatable bonds is 4. The third-order valence-corrected chi connectivity index (χ3v) is 5.11. The molecule has 2 heterocycles. The zero-order valence-electron chi connectivity index (χ0n) is 15.6. The number of fused-ring (bicyclic) bond motifs is 1. The van der Waals surface area contributed by atoms with Crippen LogP contribution >= 0.6 is 11.6 Å². The molecule has 30 heavy (non-hydrogen) atoms. The lowest BCUT2D eigenvalue weighted by atomic mass is 10.1. The normalized spacial score (nSPS) is 13.8. The number of anilines is 3. The number of halogens is 2. The van der Waals surface area contributed by atoms with Crippen molar-refractivity contribution in [3.8, 4) is 6.07 Å². The Balaban J connectivity index is 1.88. The van der Waals surface area contributed by atoms with Gasteiger partial charge >= 0.3 is 0 Å². The van der Waals surface area contributed by atoms with Gasteiger partial charge < -0.3 is 15.0 Å². The highest BCUT2D eigenvalue weighted by molar-refractivity contribution is 6.31. The summed E-state index contributed by atoms with van der Waals surface area (Å²) in [5.41, 5.74) is 1.80. The average molecular weight is 428 g/mol. The van der Waals surface area contributed by atoms with Gasteiger partial charge in [-0.2, -0.15) is 5.26 Å². The van der Waals surface area contributed by atoms with E-state index < -0.39 is 10.7 Å². The topological polar surface area (TPSA) is 104 Å². The first-order chi connectivity index (χ1) is 14.5. The van der Waals surface area contributed by atoms with Gasteiger partial charge in [0.15, 0.2) is 0 Å². The number of aromatic nitrogens is 1. The van der Waals surface area contributed by atoms with Crippen LogP contribution in [-0.4, -0.2) is 36.2 Å². The summed E-state index contributed by atoms with van der Waals surface area (Å²) in [5.74, 6) is -0.576. The SMILES string of the molecule is N#Cc1cnc2cc(N3CCOCC3)c([N+](=O)[O-])cc2c1Nc1ccc(F)c(Cl)c1. The highest BCUT2D eigenvalue weighted by atomic mass is 35.5. The molecule has 1 fully saturated rings. The Labute approximate surface area is 175 Å². The van der Waals surface area contributed by atoms with Gasteiger partial charge in [0.05, 0.1) is 39.9 Å². The van der Waals surface area contributed by atoms with Gasteiger partial charge in [-0.15, -0.1) is 0 Å². The zero-order valence-corrected chi connectivity index (χ0v) is 16.3. The van der Waals surface area contributed by atoms with Crippen LogP contribution in [0.3, 0.4) is 0 Å². The monoisotopic (exact) mass is 427 g/mol. The fourth-order valence-electron chi connectivity index (χ4n) is 3.36. The van der Waals surface area contributed by atoms with E-state index in [0.29, 0.717) is 54.3 Å². The van der Waals surface area contributed by atoms with Crippen molar-refractivity contribution in [1.29, 1.82) is 5.26 Å². The Morgan fingerprint density at radius 3 is 2.73 bits per heavy atom. The maximum atomic E-state index is 13.5. The van der Waals surface area contributed by atoms with Gasteiger partial charge in [-0.05, 0) is 24.3 Å². The summed E-state index contributed by atoms with van der Waals surface area (Å²) in [6, 6.07) is 9.11. The van der Waals surface area contributed by atoms with E-state index in [0.717, 1.165) is 0 Å². The molecule has 1 N–H and O–H groups in total. The van der Waals surface area contributed by atoms with Gasteiger partial charge in [0.2, 0.25) is 0 Å². The van der Waals surface area contributed by atoms with Gasteiger partial charge in [0, 0.05) is 36.4 Å². The lowest BCUT2D eigenvalue weighted by Crippen LogP contribution is -2.36. The lowest BCUT2D eigenvalue weighted by Gasteiger charge is -2.28. The molecule has 0 aliphatic carbocycles. The summed E-state index contributed by atoms with van der Waals surface area (Å²) in [7, 11) is 0. The molecule has 1 saturated heterocycles. The molecule has 0 bridgehead atoms. The van der Waals surface area contributed by atoms with Crippen molar-refractivity contribution in [2.75, 3.05) is 36.5 Å². The average Bonchev–Trinajstić information content (AvgIpc) is 2.76. The summed E-state index contributed by atoms with van der Waals surface area (Å²) < 4.78 is 18.8. The van der Waals surface area contributed by atoms with Crippen LogP contribution in [-0.2, 0) is 4.74 Å². The zero-order chi connectivity index (χ0) is 21.3. The molecular weight excluding hydrogens is 413 g/mol. The van der Waals surface area contributed by atoms with Crippen LogP contribution in [0.1, 0.15) is 5.56 Å². The number of ether oxygens (including phenoxy) is 1. The molecule has 0 amide bonds. The summed E-state index contributed by atoms with van der Waals surface area (Å²) in [6.45, 7) is 2.02. The van der Waals surface area contributed by atoms with E-state index >= 15 is 0 Å². The molecule has 0 radical (unpaired) electrons. The summed E-state index contributed by atoms with van der Waals surface area (Å²) in [4.78, 5) is 17.5. The standard InChI is InChI=1S/C20H15ClFN5O3/c21-15-7-13(1-2-16(15)22)25-20-12(10-23)11-24-17-9-18(26-3-5-30-6-4-26)19(27(28)29)8-14(17)20/h1-2,7-9,11H,3-6H2,(H,24,25). The summed E-state index contributed by atoms with van der Waals surface area (Å²) >= 11 is 5.85. The van der Waals surface area contributed by atoms with Crippen molar-refractivity contribution >= 4 is 45.3 Å². The van der Waals surface area contributed by atoms with E-state index in [1.54, 1.807) is 6.07 Å². The number of pyridine rings is 1. The van der Waals surface area contributed by atoms with E-state index in [-0.39, 0.29) is 16.3 Å². The summed E-state index contributed by atoms with van der Waals surface area (Å²) in [6.07, 6.45) is 1.39. The molecule has 0 unspecified atom stereocenters. The number of morpholine rings is 1. The van der Waals surface area contributed by atoms with E-state index in [4.69, 9.17) is 16.3 Å². The second-order valence-electron chi connectivity index (χ2n) is 6.63. The molecule has 0 atom stereocenters. The first kappa shape index (κ1) is 19.8. The molecule has 152 valence electrons. The molecule has 1 aliphatic rings. The molecule has 0 spiro atoms. The minimum atomic E-state index is -0.576. The number of hydrogen-bond donors (Lipinski definition) is 1. The fourth-order valence-corrected chi connectivity index (χ4v) is 3.54. The van der Waals surface area contributed by atoms with Crippen LogP contribution in [0.5, 0.6) is 0 Å². The predicted molar refractivity (Wildman–Crippen MR) is 111 cm³/mol. The summed E-state index contributed by atoms with van der Waals surface area (Å²) in [5, 5.41) is 24.7. The van der Waals surface area contributed by atoms with Crippen LogP contribution in [0.4, 0.5) is 27.1 Å². The molecule has 10 heteroatoms. The number of benzene rings is 2. The lowest BCUT2D eigenvalue weighted by molar-refractivity contribution is -0.384. The number of nitriles is 1. The Bertz CT molecular complexity index is 1190. The Morgan fingerprint density at radius 2 is 2.07 bits per heavy atom. The van der Waals surface area contributed by atoms with E-state index in [2.05, 4.69) is 10.3 Å². The smallest absolute Gasteiger partial charge is 0.293 e. The van der Waals surface area contributed by atoms with Crippen LogP contribution in [0.25, 0.3) is 10.9 Å². The molecular formula is C20H15ClFN5O3. The first-order valence-electron chi connectivity index (χ1n) is 9.04. The highest BCUT2D eigenvalue weighted by Gasteiger charge is 2.24. The van der Waals surface area contributed by atoms with Crippen LogP contribution in [0.15, 0.2) is 36.5 Å². The van der Waals surface area contributed by atoms with Crippen molar-refractivity contribution in [2.45, 2.75) is 0 Å². The van der Waals surface area contributed by atoms with Gasteiger partial charge in [0.1, 0.15) is 17.6 Å².